The average molecular weight is 390 g/mol. The number of halogens is 1. The number of carbonyl (C=O) groups is 1. The lowest BCUT2D eigenvalue weighted by molar-refractivity contribution is 0.00578. The van der Waals surface area contributed by atoms with E-state index < -0.39 is 30.2 Å². The average Bonchev–Trinajstić information content (AvgIpc) is 3.27. The van der Waals surface area contributed by atoms with Gasteiger partial charge in [-0.25, -0.2) is 9.18 Å². The van der Waals surface area contributed by atoms with Gasteiger partial charge < -0.3 is 19.5 Å². The molecule has 3 heterocycles. The highest BCUT2D eigenvalue weighted by atomic mass is 19.1. The summed E-state index contributed by atoms with van der Waals surface area (Å²) in [6, 6.07) is 4.60. The summed E-state index contributed by atoms with van der Waals surface area (Å²) in [6.07, 6.45) is 2.70. The highest BCUT2D eigenvalue weighted by Gasteiger charge is 2.52. The molecule has 0 spiro atoms. The molecule has 0 radical (unpaired) electrons. The van der Waals surface area contributed by atoms with Crippen LogP contribution in [0, 0.1) is 5.82 Å². The molecule has 1 amide bonds. The molecule has 1 aromatic carbocycles. The number of nitrogens with zero attached hydrogens (tertiary/aromatic N) is 2. The number of hydrazine groups is 2. The summed E-state index contributed by atoms with van der Waals surface area (Å²) in [4.78, 5) is 13.7. The lowest BCUT2D eigenvalue weighted by atomic mass is 9.78. The van der Waals surface area contributed by atoms with Gasteiger partial charge in [-0.3, -0.25) is 9.91 Å². The summed E-state index contributed by atoms with van der Waals surface area (Å²) in [6.45, 7) is 8.47. The number of carbonyl (C=O) groups excluding carboxylic acids is 1. The predicted octanol–water partition coefficient (Wildman–Crippen LogP) is 1.25. The Balaban J connectivity index is 1.47. The maximum Gasteiger partial charge on any atom is 0.497 e. The van der Waals surface area contributed by atoms with Crippen LogP contribution in [-0.4, -0.2) is 48.6 Å². The second-order valence-electron chi connectivity index (χ2n) is 8.13. The normalized spacial score (nSPS) is 25.4. The summed E-state index contributed by atoms with van der Waals surface area (Å²) in [5.74, 6) is -0.486. The number of rotatable bonds is 4. The van der Waals surface area contributed by atoms with E-state index in [1.807, 2.05) is 27.7 Å². The van der Waals surface area contributed by atoms with Gasteiger partial charge in [-0.2, -0.15) is 0 Å². The third kappa shape index (κ3) is 3.32. The van der Waals surface area contributed by atoms with Crippen molar-refractivity contribution in [3.05, 3.63) is 36.4 Å². The monoisotopic (exact) mass is 390 g/mol. The fraction of sp³-hybridized carbons (Fsp3) is 0.500. The van der Waals surface area contributed by atoms with Crippen molar-refractivity contribution < 1.29 is 23.2 Å². The molecule has 8 nitrogen and oxygen atoms in total. The number of cyclic esters (lactones) is 1. The van der Waals surface area contributed by atoms with Crippen LogP contribution in [0.2, 0.25) is 0 Å². The minimum Gasteiger partial charge on any atom is -0.442 e. The number of anilines is 1. The van der Waals surface area contributed by atoms with Crippen molar-refractivity contribution in [3.63, 3.8) is 0 Å². The van der Waals surface area contributed by atoms with Gasteiger partial charge in [0.2, 0.25) is 0 Å². The molecule has 28 heavy (non-hydrogen) atoms. The molecular formula is C18H24BFN4O4. The Hall–Kier alpha value is -2.30. The van der Waals surface area contributed by atoms with Crippen LogP contribution in [0.1, 0.15) is 27.7 Å². The van der Waals surface area contributed by atoms with Crippen molar-refractivity contribution in [2.45, 2.75) is 45.0 Å². The minimum absolute atomic E-state index is 0.309. The third-order valence-corrected chi connectivity index (χ3v) is 5.62. The van der Waals surface area contributed by atoms with Crippen LogP contribution in [0.5, 0.6) is 0 Å². The standard InChI is InChI=1S/C18H24BFN4O4/c1-17(2)18(3,4)28-19(27-17)14-6-5-12(9-15(14)20)24-11-13(26-16(24)25)10-23-8-7-21-22-23/h5-9,13,21-22H,10-11H2,1-4H3. The van der Waals surface area contributed by atoms with Gasteiger partial charge in [0.25, 0.3) is 0 Å². The Labute approximate surface area is 163 Å². The third-order valence-electron chi connectivity index (χ3n) is 5.62. The topological polar surface area (TPSA) is 75.3 Å². The van der Waals surface area contributed by atoms with Gasteiger partial charge in [0.15, 0.2) is 0 Å². The first-order valence-electron chi connectivity index (χ1n) is 9.24. The fourth-order valence-electron chi connectivity index (χ4n) is 3.28. The Morgan fingerprint density at radius 1 is 1.25 bits per heavy atom. The van der Waals surface area contributed by atoms with Crippen LogP contribution in [0.3, 0.4) is 0 Å². The molecule has 0 saturated carbocycles. The summed E-state index contributed by atoms with van der Waals surface area (Å²) in [5.41, 5.74) is 5.35. The van der Waals surface area contributed by atoms with Crippen LogP contribution < -0.4 is 21.3 Å². The number of ether oxygens (including phenoxy) is 1. The number of benzene rings is 1. The molecule has 2 saturated heterocycles. The van der Waals surface area contributed by atoms with Gasteiger partial charge in [0.1, 0.15) is 11.9 Å². The molecule has 2 fully saturated rings. The SMILES string of the molecule is CC1(C)OB(c2ccc(N3CC(CN4C=CNN4)OC3=O)cc2F)OC1(C)C. The van der Waals surface area contributed by atoms with Crippen molar-refractivity contribution >= 4 is 24.4 Å². The molecule has 150 valence electrons. The maximum atomic E-state index is 14.8. The van der Waals surface area contributed by atoms with E-state index in [0.717, 1.165) is 0 Å². The number of amides is 1. The summed E-state index contributed by atoms with van der Waals surface area (Å²) < 4.78 is 32.1. The smallest absolute Gasteiger partial charge is 0.442 e. The van der Waals surface area contributed by atoms with E-state index in [2.05, 4.69) is 11.0 Å². The summed E-state index contributed by atoms with van der Waals surface area (Å²) in [5, 5.41) is 1.77. The first-order valence-corrected chi connectivity index (χ1v) is 9.24. The van der Waals surface area contributed by atoms with E-state index in [0.29, 0.717) is 24.2 Å². The van der Waals surface area contributed by atoms with Crippen molar-refractivity contribution in [2.75, 3.05) is 18.0 Å². The first kappa shape index (κ1) is 19.0. The van der Waals surface area contributed by atoms with Gasteiger partial charge in [-0.05, 0) is 39.8 Å². The van der Waals surface area contributed by atoms with E-state index in [-0.39, 0.29) is 6.10 Å². The summed E-state index contributed by atoms with van der Waals surface area (Å²) in [7, 11) is -0.794. The molecule has 0 aliphatic carbocycles. The van der Waals surface area contributed by atoms with E-state index >= 15 is 0 Å². The van der Waals surface area contributed by atoms with Crippen molar-refractivity contribution in [2.24, 2.45) is 0 Å². The molecule has 3 aliphatic heterocycles. The highest BCUT2D eigenvalue weighted by molar-refractivity contribution is 6.62. The molecular weight excluding hydrogens is 366 g/mol. The zero-order valence-corrected chi connectivity index (χ0v) is 16.4. The Morgan fingerprint density at radius 3 is 2.57 bits per heavy atom. The van der Waals surface area contributed by atoms with Crippen molar-refractivity contribution in [1.29, 1.82) is 0 Å². The molecule has 1 unspecified atom stereocenters. The summed E-state index contributed by atoms with van der Waals surface area (Å²) >= 11 is 0. The van der Waals surface area contributed by atoms with Crippen LogP contribution in [0.25, 0.3) is 0 Å². The first-order chi connectivity index (χ1) is 13.2. The molecule has 1 atom stereocenters. The van der Waals surface area contributed by atoms with Crippen molar-refractivity contribution in [1.82, 2.24) is 16.0 Å². The van der Waals surface area contributed by atoms with Crippen LogP contribution in [0.4, 0.5) is 14.9 Å². The Morgan fingerprint density at radius 2 is 1.96 bits per heavy atom. The maximum absolute atomic E-state index is 14.8. The predicted molar refractivity (Wildman–Crippen MR) is 102 cm³/mol. The van der Waals surface area contributed by atoms with Crippen LogP contribution in [0.15, 0.2) is 30.6 Å². The van der Waals surface area contributed by atoms with Crippen molar-refractivity contribution in [3.8, 4) is 0 Å². The molecule has 10 heteroatoms. The molecule has 4 rings (SSSR count). The quantitative estimate of drug-likeness (QED) is 0.750. The largest absolute Gasteiger partial charge is 0.497 e. The Bertz CT molecular complexity index is 803. The van der Waals surface area contributed by atoms with Gasteiger partial charge in [-0.1, -0.05) is 6.07 Å². The molecule has 2 N–H and O–H groups in total. The van der Waals surface area contributed by atoms with Crippen LogP contribution >= 0.6 is 0 Å². The van der Waals surface area contributed by atoms with E-state index in [1.54, 1.807) is 29.5 Å². The zero-order chi connectivity index (χ0) is 20.1. The zero-order valence-electron chi connectivity index (χ0n) is 16.4. The van der Waals surface area contributed by atoms with E-state index in [4.69, 9.17) is 14.0 Å². The van der Waals surface area contributed by atoms with Gasteiger partial charge in [-0.15, -0.1) is 5.53 Å². The van der Waals surface area contributed by atoms with Crippen LogP contribution in [-0.2, 0) is 14.0 Å². The molecule has 3 aliphatic rings. The fourth-order valence-corrected chi connectivity index (χ4v) is 3.28. The van der Waals surface area contributed by atoms with E-state index in [9.17, 15) is 9.18 Å². The lowest BCUT2D eigenvalue weighted by Crippen LogP contribution is -2.41. The molecule has 1 aromatic rings. The van der Waals surface area contributed by atoms with Gasteiger partial charge in [0, 0.05) is 17.9 Å². The number of nitrogens with one attached hydrogen (secondary N) is 2. The Kier molecular flexibility index (Phi) is 4.52. The molecule has 0 aromatic heterocycles. The lowest BCUT2D eigenvalue weighted by Gasteiger charge is -2.32. The minimum atomic E-state index is -0.794. The second kappa shape index (κ2) is 6.65. The number of hydrogen-bond donors (Lipinski definition) is 2. The second-order valence-corrected chi connectivity index (χ2v) is 8.13. The van der Waals surface area contributed by atoms with Gasteiger partial charge >= 0.3 is 13.2 Å². The number of hydrogen-bond acceptors (Lipinski definition) is 7. The highest BCUT2D eigenvalue weighted by Crippen LogP contribution is 2.37. The van der Waals surface area contributed by atoms with E-state index in [1.165, 1.54) is 11.0 Å². The van der Waals surface area contributed by atoms with Gasteiger partial charge in [0.05, 0.1) is 30.0 Å². The molecule has 0 bridgehead atoms.